The Morgan fingerprint density at radius 3 is 2.45 bits per heavy atom. The zero-order chi connectivity index (χ0) is 14.4. The predicted molar refractivity (Wildman–Crippen MR) is 83.6 cm³/mol. The van der Waals surface area contributed by atoms with Crippen molar-refractivity contribution in [3.05, 3.63) is 29.8 Å². The van der Waals surface area contributed by atoms with E-state index >= 15 is 0 Å². The van der Waals surface area contributed by atoms with Gasteiger partial charge in [0.15, 0.2) is 0 Å². The van der Waals surface area contributed by atoms with Crippen LogP contribution in [0.3, 0.4) is 0 Å². The number of nitrogens with one attached hydrogen (secondary N) is 2. The monoisotopic (exact) mass is 274 g/mol. The standard InChI is InChI=1S/C17H26N2O/c1-13(16-6-4-3-5-7-16)18-12-15-8-10-17(11-9-15)19-14(2)20/h8-11,13,16,18H,3-7,12H2,1-2H3,(H,19,20)/t13-/m0/s1. The van der Waals surface area contributed by atoms with Crippen molar-refractivity contribution in [1.82, 2.24) is 5.32 Å². The Morgan fingerprint density at radius 1 is 1.20 bits per heavy atom. The summed E-state index contributed by atoms with van der Waals surface area (Å²) in [5.41, 5.74) is 2.13. The Hall–Kier alpha value is -1.35. The summed E-state index contributed by atoms with van der Waals surface area (Å²) in [6, 6.07) is 8.66. The Kier molecular flexibility index (Phi) is 5.60. The van der Waals surface area contributed by atoms with Crippen molar-refractivity contribution in [3.8, 4) is 0 Å². The highest BCUT2D eigenvalue weighted by Gasteiger charge is 2.19. The van der Waals surface area contributed by atoms with E-state index in [0.717, 1.165) is 18.2 Å². The van der Waals surface area contributed by atoms with Crippen LogP contribution in [0.15, 0.2) is 24.3 Å². The number of amides is 1. The first-order valence-corrected chi connectivity index (χ1v) is 7.75. The first-order chi connectivity index (χ1) is 9.65. The van der Waals surface area contributed by atoms with Gasteiger partial charge in [0.1, 0.15) is 0 Å². The maximum atomic E-state index is 11.0. The molecule has 1 amide bonds. The second-order valence-corrected chi connectivity index (χ2v) is 5.95. The SMILES string of the molecule is CC(=O)Nc1ccc(CN[C@@H](C)C2CCCCC2)cc1. The molecule has 20 heavy (non-hydrogen) atoms. The van der Waals surface area contributed by atoms with E-state index in [1.54, 1.807) is 0 Å². The molecule has 0 spiro atoms. The van der Waals surface area contributed by atoms with Crippen molar-refractivity contribution < 1.29 is 4.79 Å². The van der Waals surface area contributed by atoms with Gasteiger partial charge in [-0.15, -0.1) is 0 Å². The van der Waals surface area contributed by atoms with Gasteiger partial charge in [-0.25, -0.2) is 0 Å². The summed E-state index contributed by atoms with van der Waals surface area (Å²) < 4.78 is 0. The van der Waals surface area contributed by atoms with Crippen LogP contribution >= 0.6 is 0 Å². The van der Waals surface area contributed by atoms with Gasteiger partial charge in [-0.3, -0.25) is 4.79 Å². The summed E-state index contributed by atoms with van der Waals surface area (Å²) in [5.74, 6) is 0.809. The van der Waals surface area contributed by atoms with Gasteiger partial charge in [-0.05, 0) is 43.4 Å². The Morgan fingerprint density at radius 2 is 1.85 bits per heavy atom. The van der Waals surface area contributed by atoms with Gasteiger partial charge >= 0.3 is 0 Å². The maximum Gasteiger partial charge on any atom is 0.221 e. The average molecular weight is 274 g/mol. The van der Waals surface area contributed by atoms with Crippen molar-refractivity contribution >= 4 is 11.6 Å². The third-order valence-corrected chi connectivity index (χ3v) is 4.26. The molecule has 1 aliphatic carbocycles. The van der Waals surface area contributed by atoms with E-state index in [9.17, 15) is 4.79 Å². The van der Waals surface area contributed by atoms with Crippen molar-refractivity contribution in [1.29, 1.82) is 0 Å². The van der Waals surface area contributed by atoms with E-state index in [4.69, 9.17) is 0 Å². The van der Waals surface area contributed by atoms with Crippen LogP contribution < -0.4 is 10.6 Å². The average Bonchev–Trinajstić information content (AvgIpc) is 2.46. The van der Waals surface area contributed by atoms with Crippen LogP contribution in [0.2, 0.25) is 0 Å². The van der Waals surface area contributed by atoms with Crippen LogP contribution in [-0.2, 0) is 11.3 Å². The minimum Gasteiger partial charge on any atom is -0.326 e. The summed E-state index contributed by atoms with van der Waals surface area (Å²) in [6.45, 7) is 4.74. The van der Waals surface area contributed by atoms with Gasteiger partial charge in [-0.2, -0.15) is 0 Å². The molecule has 1 saturated carbocycles. The minimum atomic E-state index is -0.0261. The van der Waals surface area contributed by atoms with Crippen molar-refractivity contribution in [2.45, 2.75) is 58.5 Å². The number of rotatable bonds is 5. The Labute approximate surface area is 122 Å². The lowest BCUT2D eigenvalue weighted by Crippen LogP contribution is -2.34. The van der Waals surface area contributed by atoms with E-state index in [2.05, 4.69) is 29.7 Å². The molecular weight excluding hydrogens is 248 g/mol. The summed E-state index contributed by atoms with van der Waals surface area (Å²) in [6.07, 6.45) is 6.93. The first-order valence-electron chi connectivity index (χ1n) is 7.75. The first kappa shape index (κ1) is 15.0. The lowest BCUT2D eigenvalue weighted by Gasteiger charge is -2.28. The van der Waals surface area contributed by atoms with Crippen LogP contribution in [-0.4, -0.2) is 11.9 Å². The number of anilines is 1. The zero-order valence-corrected chi connectivity index (χ0v) is 12.6. The fourth-order valence-corrected chi connectivity index (χ4v) is 2.99. The zero-order valence-electron chi connectivity index (χ0n) is 12.6. The van der Waals surface area contributed by atoms with E-state index < -0.39 is 0 Å². The van der Waals surface area contributed by atoms with Gasteiger partial charge in [-0.1, -0.05) is 31.4 Å². The fourth-order valence-electron chi connectivity index (χ4n) is 2.99. The third kappa shape index (κ3) is 4.64. The maximum absolute atomic E-state index is 11.0. The van der Waals surface area contributed by atoms with Gasteiger partial charge in [0, 0.05) is 25.2 Å². The molecule has 0 unspecified atom stereocenters. The third-order valence-electron chi connectivity index (χ3n) is 4.26. The van der Waals surface area contributed by atoms with Crippen molar-refractivity contribution in [3.63, 3.8) is 0 Å². The number of carbonyl (C=O) groups is 1. The molecule has 110 valence electrons. The van der Waals surface area contributed by atoms with Gasteiger partial charge in [0.2, 0.25) is 5.91 Å². The minimum absolute atomic E-state index is 0.0261. The summed E-state index contributed by atoms with van der Waals surface area (Å²) in [5, 5.41) is 6.43. The van der Waals surface area contributed by atoms with E-state index in [1.165, 1.54) is 44.6 Å². The molecule has 1 fully saturated rings. The van der Waals surface area contributed by atoms with E-state index in [1.807, 2.05) is 12.1 Å². The van der Waals surface area contributed by atoms with E-state index in [0.29, 0.717) is 6.04 Å². The Balaban J connectivity index is 1.79. The summed E-state index contributed by atoms with van der Waals surface area (Å²) >= 11 is 0. The molecule has 3 nitrogen and oxygen atoms in total. The van der Waals surface area contributed by atoms with Gasteiger partial charge in [0.25, 0.3) is 0 Å². The smallest absolute Gasteiger partial charge is 0.221 e. The lowest BCUT2D eigenvalue weighted by atomic mass is 9.84. The van der Waals surface area contributed by atoms with Crippen LogP contribution in [0, 0.1) is 5.92 Å². The molecule has 1 aliphatic rings. The predicted octanol–water partition coefficient (Wildman–Crippen LogP) is 3.70. The molecule has 0 aromatic heterocycles. The highest BCUT2D eigenvalue weighted by molar-refractivity contribution is 5.88. The molecule has 2 N–H and O–H groups in total. The lowest BCUT2D eigenvalue weighted by molar-refractivity contribution is -0.114. The second-order valence-electron chi connectivity index (χ2n) is 5.95. The molecule has 0 radical (unpaired) electrons. The molecule has 1 aromatic carbocycles. The largest absolute Gasteiger partial charge is 0.326 e. The van der Waals surface area contributed by atoms with Gasteiger partial charge < -0.3 is 10.6 Å². The number of carbonyl (C=O) groups excluding carboxylic acids is 1. The second kappa shape index (κ2) is 7.44. The van der Waals surface area contributed by atoms with Crippen LogP contribution in [0.25, 0.3) is 0 Å². The molecule has 0 bridgehead atoms. The van der Waals surface area contributed by atoms with E-state index in [-0.39, 0.29) is 5.91 Å². The fraction of sp³-hybridized carbons (Fsp3) is 0.588. The molecular formula is C17H26N2O. The highest BCUT2D eigenvalue weighted by Crippen LogP contribution is 2.26. The summed E-state index contributed by atoms with van der Waals surface area (Å²) in [4.78, 5) is 11.0. The van der Waals surface area contributed by atoms with Crippen molar-refractivity contribution in [2.24, 2.45) is 5.92 Å². The molecule has 2 rings (SSSR count). The number of hydrogen-bond acceptors (Lipinski definition) is 2. The molecule has 0 aliphatic heterocycles. The molecule has 0 saturated heterocycles. The topological polar surface area (TPSA) is 41.1 Å². The van der Waals surface area contributed by atoms with Crippen LogP contribution in [0.5, 0.6) is 0 Å². The molecule has 0 heterocycles. The van der Waals surface area contributed by atoms with Crippen molar-refractivity contribution in [2.75, 3.05) is 5.32 Å². The quantitative estimate of drug-likeness (QED) is 0.859. The highest BCUT2D eigenvalue weighted by atomic mass is 16.1. The van der Waals surface area contributed by atoms with Crippen LogP contribution in [0.1, 0.15) is 51.5 Å². The summed E-state index contributed by atoms with van der Waals surface area (Å²) in [7, 11) is 0. The number of benzene rings is 1. The van der Waals surface area contributed by atoms with Gasteiger partial charge in [0.05, 0.1) is 0 Å². The Bertz CT molecular complexity index is 421. The van der Waals surface area contributed by atoms with Crippen LogP contribution in [0.4, 0.5) is 5.69 Å². The molecule has 1 aromatic rings. The molecule has 3 heteroatoms. The normalized spacial score (nSPS) is 17.7. The molecule has 1 atom stereocenters. The number of hydrogen-bond donors (Lipinski definition) is 2.